The number of likely N-dealkylation sites (N-methyl/N-ethyl adjacent to an activating group) is 1. The Bertz CT molecular complexity index is 708. The van der Waals surface area contributed by atoms with Crippen molar-refractivity contribution in [1.29, 1.82) is 0 Å². The largest absolute Gasteiger partial charge is 0.489 e. The van der Waals surface area contributed by atoms with E-state index in [1.54, 1.807) is 4.90 Å². The van der Waals surface area contributed by atoms with Crippen LogP contribution in [-0.4, -0.2) is 67.4 Å². The maximum Gasteiger partial charge on any atom is 0.236 e. The van der Waals surface area contributed by atoms with Crippen LogP contribution in [0.2, 0.25) is 0 Å². The van der Waals surface area contributed by atoms with Gasteiger partial charge in [0.05, 0.1) is 6.54 Å². The monoisotopic (exact) mass is 367 g/mol. The first kappa shape index (κ1) is 19.4. The lowest BCUT2D eigenvalue weighted by Gasteiger charge is -2.34. The summed E-state index contributed by atoms with van der Waals surface area (Å²) in [6, 6.07) is 18.6. The molecule has 3 rings (SSSR count). The van der Waals surface area contributed by atoms with Crippen molar-refractivity contribution in [3.05, 3.63) is 65.7 Å². The molecule has 5 heteroatoms. The van der Waals surface area contributed by atoms with E-state index in [0.29, 0.717) is 13.2 Å². The first-order valence-corrected chi connectivity index (χ1v) is 9.51. The molecule has 1 amide bonds. The van der Waals surface area contributed by atoms with E-state index in [2.05, 4.69) is 34.1 Å². The Morgan fingerprint density at radius 2 is 1.52 bits per heavy atom. The van der Waals surface area contributed by atoms with Gasteiger partial charge in [-0.1, -0.05) is 42.5 Å². The Labute approximate surface area is 162 Å². The van der Waals surface area contributed by atoms with Crippen molar-refractivity contribution >= 4 is 5.91 Å². The van der Waals surface area contributed by atoms with Gasteiger partial charge in [-0.15, -0.1) is 0 Å². The lowest BCUT2D eigenvalue weighted by Crippen LogP contribution is -2.48. The van der Waals surface area contributed by atoms with E-state index in [0.717, 1.165) is 38.5 Å². The zero-order chi connectivity index (χ0) is 19.1. The number of amides is 1. The number of carbonyl (C=O) groups is 1. The zero-order valence-corrected chi connectivity index (χ0v) is 16.3. The van der Waals surface area contributed by atoms with Crippen LogP contribution in [-0.2, 0) is 17.9 Å². The van der Waals surface area contributed by atoms with E-state index in [1.165, 1.54) is 11.1 Å². The van der Waals surface area contributed by atoms with Crippen molar-refractivity contribution in [3.63, 3.8) is 0 Å². The first-order chi connectivity index (χ1) is 13.1. The number of hydrogen-bond acceptors (Lipinski definition) is 4. The summed E-state index contributed by atoms with van der Waals surface area (Å²) in [4.78, 5) is 18.2. The van der Waals surface area contributed by atoms with Gasteiger partial charge < -0.3 is 9.64 Å². The van der Waals surface area contributed by atoms with E-state index in [9.17, 15) is 4.79 Å². The van der Waals surface area contributed by atoms with Crippen molar-refractivity contribution in [2.75, 3.05) is 46.8 Å². The summed E-state index contributed by atoms with van der Waals surface area (Å²) in [5.41, 5.74) is 2.46. The number of carbonyl (C=O) groups excluding carboxylic acids is 1. The van der Waals surface area contributed by atoms with Gasteiger partial charge in [0.25, 0.3) is 0 Å². The number of rotatable bonds is 7. The lowest BCUT2D eigenvalue weighted by atomic mass is 10.2. The third-order valence-corrected chi connectivity index (χ3v) is 4.90. The topological polar surface area (TPSA) is 36.0 Å². The Morgan fingerprint density at radius 1 is 0.889 bits per heavy atom. The fourth-order valence-electron chi connectivity index (χ4n) is 3.13. The van der Waals surface area contributed by atoms with Crippen LogP contribution < -0.4 is 4.74 Å². The molecular weight excluding hydrogens is 338 g/mol. The van der Waals surface area contributed by atoms with Crippen molar-refractivity contribution in [3.8, 4) is 5.75 Å². The molecule has 0 spiro atoms. The molecular formula is C22H29N3O2. The van der Waals surface area contributed by atoms with E-state index in [-0.39, 0.29) is 5.91 Å². The molecule has 1 heterocycles. The average molecular weight is 367 g/mol. The number of piperazine rings is 1. The van der Waals surface area contributed by atoms with Gasteiger partial charge in [-0.25, -0.2) is 0 Å². The van der Waals surface area contributed by atoms with Crippen LogP contribution in [0.4, 0.5) is 0 Å². The normalized spacial score (nSPS) is 15.5. The molecule has 0 N–H and O–H groups in total. The Kier molecular flexibility index (Phi) is 6.85. The molecule has 1 fully saturated rings. The van der Waals surface area contributed by atoms with Gasteiger partial charge in [-0.3, -0.25) is 14.6 Å². The zero-order valence-electron chi connectivity index (χ0n) is 16.3. The summed E-state index contributed by atoms with van der Waals surface area (Å²) >= 11 is 0. The second kappa shape index (κ2) is 9.53. The fourth-order valence-corrected chi connectivity index (χ4v) is 3.13. The predicted molar refractivity (Wildman–Crippen MR) is 108 cm³/mol. The third kappa shape index (κ3) is 6.08. The van der Waals surface area contributed by atoms with Crippen molar-refractivity contribution in [1.82, 2.24) is 14.7 Å². The summed E-state index contributed by atoms with van der Waals surface area (Å²) in [5, 5.41) is 0. The lowest BCUT2D eigenvalue weighted by molar-refractivity contribution is -0.130. The van der Waals surface area contributed by atoms with Gasteiger partial charge in [0, 0.05) is 46.8 Å². The standard InChI is InChI=1S/C22H29N3O2/c1-23(2)22(26)17-25-14-12-24(13-15-25)16-19-8-10-21(11-9-19)27-18-20-6-4-3-5-7-20/h3-11H,12-18H2,1-2H3. The highest BCUT2D eigenvalue weighted by atomic mass is 16.5. The quantitative estimate of drug-likeness (QED) is 0.753. The highest BCUT2D eigenvalue weighted by Crippen LogP contribution is 2.16. The van der Waals surface area contributed by atoms with Crippen LogP contribution in [0, 0.1) is 0 Å². The van der Waals surface area contributed by atoms with E-state index in [1.807, 2.05) is 44.4 Å². The highest BCUT2D eigenvalue weighted by molar-refractivity contribution is 5.77. The number of ether oxygens (including phenoxy) is 1. The molecule has 1 aliphatic rings. The van der Waals surface area contributed by atoms with Crippen LogP contribution in [0.5, 0.6) is 5.75 Å². The average Bonchev–Trinajstić information content (AvgIpc) is 2.69. The SMILES string of the molecule is CN(C)C(=O)CN1CCN(Cc2ccc(OCc3ccccc3)cc2)CC1. The molecule has 1 saturated heterocycles. The minimum Gasteiger partial charge on any atom is -0.489 e. The number of hydrogen-bond donors (Lipinski definition) is 0. The van der Waals surface area contributed by atoms with Crippen LogP contribution in [0.3, 0.4) is 0 Å². The van der Waals surface area contributed by atoms with Crippen LogP contribution in [0.15, 0.2) is 54.6 Å². The maximum absolute atomic E-state index is 11.8. The third-order valence-electron chi connectivity index (χ3n) is 4.90. The van der Waals surface area contributed by atoms with Crippen LogP contribution >= 0.6 is 0 Å². The summed E-state index contributed by atoms with van der Waals surface area (Å²) in [5.74, 6) is 1.07. The Balaban J connectivity index is 1.42. The molecule has 0 unspecified atom stereocenters. The molecule has 144 valence electrons. The van der Waals surface area contributed by atoms with E-state index < -0.39 is 0 Å². The molecule has 2 aromatic rings. The molecule has 2 aromatic carbocycles. The second-order valence-corrected chi connectivity index (χ2v) is 7.26. The molecule has 1 aliphatic heterocycles. The smallest absolute Gasteiger partial charge is 0.236 e. The van der Waals surface area contributed by atoms with Gasteiger partial charge in [-0.2, -0.15) is 0 Å². The van der Waals surface area contributed by atoms with Gasteiger partial charge in [0.1, 0.15) is 12.4 Å². The minimum atomic E-state index is 0.176. The van der Waals surface area contributed by atoms with Crippen LogP contribution in [0.1, 0.15) is 11.1 Å². The molecule has 0 aromatic heterocycles. The van der Waals surface area contributed by atoms with E-state index in [4.69, 9.17) is 4.74 Å². The second-order valence-electron chi connectivity index (χ2n) is 7.26. The molecule has 0 atom stereocenters. The number of nitrogens with zero attached hydrogens (tertiary/aromatic N) is 3. The number of benzene rings is 2. The van der Waals surface area contributed by atoms with Crippen molar-refractivity contribution in [2.24, 2.45) is 0 Å². The summed E-state index contributed by atoms with van der Waals surface area (Å²) < 4.78 is 5.85. The molecule has 5 nitrogen and oxygen atoms in total. The van der Waals surface area contributed by atoms with E-state index >= 15 is 0 Å². The Morgan fingerprint density at radius 3 is 2.15 bits per heavy atom. The van der Waals surface area contributed by atoms with Crippen molar-refractivity contribution < 1.29 is 9.53 Å². The van der Waals surface area contributed by atoms with Gasteiger partial charge >= 0.3 is 0 Å². The molecule has 0 aliphatic carbocycles. The Hall–Kier alpha value is -2.37. The van der Waals surface area contributed by atoms with Gasteiger partial charge in [0.15, 0.2) is 0 Å². The molecule has 27 heavy (non-hydrogen) atoms. The van der Waals surface area contributed by atoms with Crippen molar-refractivity contribution in [2.45, 2.75) is 13.2 Å². The summed E-state index contributed by atoms with van der Waals surface area (Å²) in [6.45, 7) is 5.92. The first-order valence-electron chi connectivity index (χ1n) is 9.51. The predicted octanol–water partition coefficient (Wildman–Crippen LogP) is 2.47. The fraction of sp³-hybridized carbons (Fsp3) is 0.409. The summed E-state index contributed by atoms with van der Waals surface area (Å²) in [6.07, 6.45) is 0. The maximum atomic E-state index is 11.8. The van der Waals surface area contributed by atoms with Gasteiger partial charge in [-0.05, 0) is 23.3 Å². The van der Waals surface area contributed by atoms with Gasteiger partial charge in [0.2, 0.25) is 5.91 Å². The minimum absolute atomic E-state index is 0.176. The molecule has 0 bridgehead atoms. The van der Waals surface area contributed by atoms with Crippen LogP contribution in [0.25, 0.3) is 0 Å². The molecule has 0 radical (unpaired) electrons. The highest BCUT2D eigenvalue weighted by Gasteiger charge is 2.19. The molecule has 0 saturated carbocycles. The summed E-state index contributed by atoms with van der Waals surface area (Å²) in [7, 11) is 3.62.